The SMILES string of the molecule is CNC(=O)c1ccccc1NC(=O)CCCn1c(=O)oc2cc([N+](=O)[O-])ccc21. The van der Waals surface area contributed by atoms with Crippen LogP contribution in [0.2, 0.25) is 0 Å². The zero-order chi connectivity index (χ0) is 21.0. The lowest BCUT2D eigenvalue weighted by molar-refractivity contribution is -0.384. The number of aryl methyl sites for hydroxylation is 1. The molecule has 0 aliphatic rings. The van der Waals surface area contributed by atoms with Crippen molar-refractivity contribution in [3.05, 3.63) is 68.7 Å². The number of non-ortho nitro benzene ring substituents is 1. The lowest BCUT2D eigenvalue weighted by atomic mass is 10.1. The Morgan fingerprint density at radius 2 is 1.97 bits per heavy atom. The topological polar surface area (TPSA) is 136 Å². The number of anilines is 1. The lowest BCUT2D eigenvalue weighted by Gasteiger charge is -2.10. The van der Waals surface area contributed by atoms with Gasteiger partial charge in [0.05, 0.1) is 27.8 Å². The van der Waals surface area contributed by atoms with Crippen LogP contribution in [0.1, 0.15) is 23.2 Å². The summed E-state index contributed by atoms with van der Waals surface area (Å²) < 4.78 is 6.38. The first-order valence-electron chi connectivity index (χ1n) is 8.79. The molecule has 150 valence electrons. The maximum Gasteiger partial charge on any atom is 0.419 e. The van der Waals surface area contributed by atoms with Gasteiger partial charge < -0.3 is 15.1 Å². The van der Waals surface area contributed by atoms with Crippen molar-refractivity contribution in [3.63, 3.8) is 0 Å². The van der Waals surface area contributed by atoms with E-state index in [1.807, 2.05) is 0 Å². The summed E-state index contributed by atoms with van der Waals surface area (Å²) in [5.74, 6) is -1.27. The van der Waals surface area contributed by atoms with Gasteiger partial charge in [-0.15, -0.1) is 0 Å². The molecular formula is C19H18N4O6. The Bertz CT molecular complexity index is 1150. The Kier molecular flexibility index (Phi) is 5.72. The monoisotopic (exact) mass is 398 g/mol. The molecule has 0 fully saturated rings. The molecule has 0 aliphatic heterocycles. The first kappa shape index (κ1) is 19.8. The molecule has 0 atom stereocenters. The van der Waals surface area contributed by atoms with Crippen LogP contribution in [-0.4, -0.2) is 28.4 Å². The number of nitro groups is 1. The molecule has 0 aliphatic carbocycles. The summed E-state index contributed by atoms with van der Waals surface area (Å²) in [6.07, 6.45) is 0.438. The molecule has 10 nitrogen and oxygen atoms in total. The quantitative estimate of drug-likeness (QED) is 0.463. The lowest BCUT2D eigenvalue weighted by Crippen LogP contribution is -2.21. The molecule has 29 heavy (non-hydrogen) atoms. The van der Waals surface area contributed by atoms with Crippen molar-refractivity contribution in [2.45, 2.75) is 19.4 Å². The smallest absolute Gasteiger partial charge is 0.407 e. The standard InChI is InChI=1S/C19H18N4O6/c1-20-18(25)13-5-2-3-6-14(13)21-17(24)7-4-10-22-15-9-8-12(23(27)28)11-16(15)29-19(22)26/h2-3,5-6,8-9,11H,4,7,10H2,1H3,(H,20,25)(H,21,24). The number of amides is 2. The molecule has 0 saturated heterocycles. The molecular weight excluding hydrogens is 380 g/mol. The second-order valence-electron chi connectivity index (χ2n) is 6.21. The number of aromatic nitrogens is 1. The Labute approximate surface area is 164 Å². The molecule has 0 spiro atoms. The van der Waals surface area contributed by atoms with Gasteiger partial charge in [0.2, 0.25) is 5.91 Å². The highest BCUT2D eigenvalue weighted by molar-refractivity contribution is 6.03. The largest absolute Gasteiger partial charge is 0.419 e. The number of nitrogens with zero attached hydrogens (tertiary/aromatic N) is 2. The zero-order valence-corrected chi connectivity index (χ0v) is 15.5. The summed E-state index contributed by atoms with van der Waals surface area (Å²) in [5, 5.41) is 16.0. The van der Waals surface area contributed by atoms with Gasteiger partial charge in [-0.1, -0.05) is 12.1 Å². The number of carbonyl (C=O) groups is 2. The Balaban J connectivity index is 1.66. The molecule has 2 aromatic carbocycles. The number of hydrogen-bond donors (Lipinski definition) is 2. The molecule has 2 N–H and O–H groups in total. The van der Waals surface area contributed by atoms with Crippen molar-refractivity contribution in [1.29, 1.82) is 0 Å². The van der Waals surface area contributed by atoms with Gasteiger partial charge in [0.25, 0.3) is 11.6 Å². The summed E-state index contributed by atoms with van der Waals surface area (Å²) in [7, 11) is 1.50. The molecule has 3 rings (SSSR count). The number of oxazole rings is 1. The number of benzene rings is 2. The summed E-state index contributed by atoms with van der Waals surface area (Å²) in [4.78, 5) is 46.4. The summed E-state index contributed by atoms with van der Waals surface area (Å²) >= 11 is 0. The van der Waals surface area contributed by atoms with Gasteiger partial charge in [-0.2, -0.15) is 0 Å². The fourth-order valence-corrected chi connectivity index (χ4v) is 2.92. The molecule has 0 bridgehead atoms. The van der Waals surface area contributed by atoms with Crippen LogP contribution in [0.5, 0.6) is 0 Å². The van der Waals surface area contributed by atoms with E-state index in [2.05, 4.69) is 10.6 Å². The van der Waals surface area contributed by atoms with Crippen molar-refractivity contribution in [2.75, 3.05) is 12.4 Å². The van der Waals surface area contributed by atoms with Gasteiger partial charge in [-0.05, 0) is 24.6 Å². The van der Waals surface area contributed by atoms with E-state index in [1.54, 1.807) is 24.3 Å². The van der Waals surface area contributed by atoms with E-state index in [9.17, 15) is 24.5 Å². The van der Waals surface area contributed by atoms with E-state index >= 15 is 0 Å². The maximum atomic E-state index is 12.2. The third-order valence-corrected chi connectivity index (χ3v) is 4.32. The molecule has 1 heterocycles. The van der Waals surface area contributed by atoms with E-state index < -0.39 is 10.7 Å². The van der Waals surface area contributed by atoms with Crippen molar-refractivity contribution in [2.24, 2.45) is 0 Å². The van der Waals surface area contributed by atoms with Crippen LogP contribution < -0.4 is 16.4 Å². The van der Waals surface area contributed by atoms with Gasteiger partial charge in [0.15, 0.2) is 5.58 Å². The van der Waals surface area contributed by atoms with Crippen LogP contribution in [0.4, 0.5) is 11.4 Å². The van der Waals surface area contributed by atoms with E-state index in [-0.39, 0.29) is 36.1 Å². The van der Waals surface area contributed by atoms with Gasteiger partial charge in [0.1, 0.15) is 0 Å². The summed E-state index contributed by atoms with van der Waals surface area (Å²) in [5.41, 5.74) is 1.11. The number of fused-ring (bicyclic) bond motifs is 1. The molecule has 2 amide bonds. The Morgan fingerprint density at radius 1 is 1.21 bits per heavy atom. The normalized spacial score (nSPS) is 10.7. The van der Waals surface area contributed by atoms with Crippen molar-refractivity contribution >= 4 is 34.3 Å². The fourth-order valence-electron chi connectivity index (χ4n) is 2.92. The minimum atomic E-state index is -0.647. The number of nitrogens with one attached hydrogen (secondary N) is 2. The Morgan fingerprint density at radius 3 is 2.69 bits per heavy atom. The zero-order valence-electron chi connectivity index (χ0n) is 15.5. The number of nitro benzene ring substituents is 1. The van der Waals surface area contributed by atoms with Gasteiger partial charge in [0, 0.05) is 26.1 Å². The minimum Gasteiger partial charge on any atom is -0.407 e. The van der Waals surface area contributed by atoms with Crippen LogP contribution in [0.25, 0.3) is 11.1 Å². The molecule has 10 heteroatoms. The number of rotatable bonds is 7. The summed E-state index contributed by atoms with van der Waals surface area (Å²) in [6.45, 7) is 0.203. The first-order chi connectivity index (χ1) is 13.9. The maximum absolute atomic E-state index is 12.2. The van der Waals surface area contributed by atoms with E-state index in [1.165, 1.54) is 29.8 Å². The van der Waals surface area contributed by atoms with Crippen LogP contribution in [0.15, 0.2) is 51.7 Å². The van der Waals surface area contributed by atoms with E-state index in [0.29, 0.717) is 23.2 Å². The molecule has 0 unspecified atom stereocenters. The number of carbonyl (C=O) groups excluding carboxylic acids is 2. The first-order valence-corrected chi connectivity index (χ1v) is 8.79. The van der Waals surface area contributed by atoms with E-state index in [4.69, 9.17) is 4.42 Å². The van der Waals surface area contributed by atoms with Crippen molar-refractivity contribution < 1.29 is 18.9 Å². The molecule has 0 radical (unpaired) electrons. The van der Waals surface area contributed by atoms with Crippen LogP contribution in [0, 0.1) is 10.1 Å². The predicted molar refractivity (Wildman–Crippen MR) is 105 cm³/mol. The van der Waals surface area contributed by atoms with Crippen LogP contribution in [0.3, 0.4) is 0 Å². The highest BCUT2D eigenvalue weighted by Crippen LogP contribution is 2.20. The van der Waals surface area contributed by atoms with Crippen LogP contribution in [-0.2, 0) is 11.3 Å². The second-order valence-corrected chi connectivity index (χ2v) is 6.21. The second kappa shape index (κ2) is 8.38. The average Bonchev–Trinajstić information content (AvgIpc) is 3.02. The van der Waals surface area contributed by atoms with Gasteiger partial charge >= 0.3 is 5.76 Å². The highest BCUT2D eigenvalue weighted by atomic mass is 16.6. The fraction of sp³-hybridized carbons (Fsp3) is 0.211. The average molecular weight is 398 g/mol. The number of para-hydroxylation sites is 1. The number of hydrogen-bond acceptors (Lipinski definition) is 6. The molecule has 0 saturated carbocycles. The van der Waals surface area contributed by atoms with E-state index in [0.717, 1.165) is 0 Å². The minimum absolute atomic E-state index is 0.105. The highest BCUT2D eigenvalue weighted by Gasteiger charge is 2.15. The molecule has 1 aromatic heterocycles. The predicted octanol–water partition coefficient (Wildman–Crippen LogP) is 2.28. The molecule has 3 aromatic rings. The van der Waals surface area contributed by atoms with Crippen LogP contribution >= 0.6 is 0 Å². The third-order valence-electron chi connectivity index (χ3n) is 4.32. The van der Waals surface area contributed by atoms with Crippen molar-refractivity contribution in [3.8, 4) is 0 Å². The van der Waals surface area contributed by atoms with Crippen molar-refractivity contribution in [1.82, 2.24) is 9.88 Å². The summed E-state index contributed by atoms with van der Waals surface area (Å²) in [6, 6.07) is 10.6. The Hall–Kier alpha value is -3.95. The third kappa shape index (κ3) is 4.32. The van der Waals surface area contributed by atoms with Gasteiger partial charge in [-0.3, -0.25) is 24.3 Å². The van der Waals surface area contributed by atoms with Gasteiger partial charge in [-0.25, -0.2) is 4.79 Å².